The van der Waals surface area contributed by atoms with Gasteiger partial charge in [-0.1, -0.05) is 0 Å². The van der Waals surface area contributed by atoms with Crippen LogP contribution in [-0.4, -0.2) is 24.9 Å². The molecule has 8 heteroatoms. The van der Waals surface area contributed by atoms with E-state index in [-0.39, 0.29) is 25.0 Å². The van der Waals surface area contributed by atoms with E-state index < -0.39 is 35.0 Å². The van der Waals surface area contributed by atoms with E-state index >= 15 is 0 Å². The molecule has 0 radical (unpaired) electrons. The molecular formula is C17H18ClF5O2. The molecule has 3 rings (SSSR count). The second-order valence-corrected chi connectivity index (χ2v) is 7.19. The Labute approximate surface area is 147 Å². The fourth-order valence-corrected chi connectivity index (χ4v) is 3.64. The van der Waals surface area contributed by atoms with Gasteiger partial charge in [-0.15, -0.1) is 0 Å². The average molecular weight is 385 g/mol. The first-order valence-corrected chi connectivity index (χ1v) is 8.58. The molecule has 1 saturated heterocycles. The minimum absolute atomic E-state index is 0.0243. The van der Waals surface area contributed by atoms with Crippen molar-refractivity contribution in [1.29, 1.82) is 0 Å². The van der Waals surface area contributed by atoms with Crippen LogP contribution in [-0.2, 0) is 9.47 Å². The fourth-order valence-electron chi connectivity index (χ4n) is 3.51. The molecule has 2 nitrogen and oxygen atoms in total. The Kier molecular flexibility index (Phi) is 5.56. The summed E-state index contributed by atoms with van der Waals surface area (Å²) in [4.78, 5) is 0. The van der Waals surface area contributed by atoms with Gasteiger partial charge in [0.1, 0.15) is 0 Å². The smallest absolute Gasteiger partial charge is 0.328 e. The van der Waals surface area contributed by atoms with Crippen molar-refractivity contribution in [2.24, 2.45) is 11.8 Å². The topological polar surface area (TPSA) is 18.5 Å². The largest absolute Gasteiger partial charge is 0.352 e. The zero-order chi connectivity index (χ0) is 18.2. The highest BCUT2D eigenvalue weighted by Crippen LogP contribution is 2.40. The lowest BCUT2D eigenvalue weighted by Gasteiger charge is -2.38. The molecule has 0 N–H and O–H groups in total. The van der Waals surface area contributed by atoms with Crippen molar-refractivity contribution in [3.05, 3.63) is 35.1 Å². The summed E-state index contributed by atoms with van der Waals surface area (Å²) in [5.74, 6) is -5.08. The van der Waals surface area contributed by atoms with Crippen LogP contribution < -0.4 is 0 Å². The Morgan fingerprint density at radius 2 is 1.44 bits per heavy atom. The Balaban J connectivity index is 1.54. The SMILES string of the molecule is Fc1cc(C2CCC(C3OCC(C(F)(F)Cl)CO3)CC2)cc(F)c1F. The number of halogens is 6. The monoisotopic (exact) mass is 384 g/mol. The number of hydrogen-bond acceptors (Lipinski definition) is 2. The maximum atomic E-state index is 13.4. The molecule has 2 aliphatic rings. The van der Waals surface area contributed by atoms with Gasteiger partial charge in [0.15, 0.2) is 23.7 Å². The Bertz CT molecular complexity index is 583. The van der Waals surface area contributed by atoms with Crippen LogP contribution in [0.15, 0.2) is 12.1 Å². The van der Waals surface area contributed by atoms with Gasteiger partial charge in [0, 0.05) is 5.92 Å². The van der Waals surface area contributed by atoms with Crippen molar-refractivity contribution in [2.75, 3.05) is 13.2 Å². The third-order valence-electron chi connectivity index (χ3n) is 5.02. The van der Waals surface area contributed by atoms with Crippen LogP contribution in [0.2, 0.25) is 0 Å². The van der Waals surface area contributed by atoms with E-state index in [1.807, 2.05) is 0 Å². The van der Waals surface area contributed by atoms with Gasteiger partial charge in [0.05, 0.1) is 19.1 Å². The van der Waals surface area contributed by atoms with E-state index in [2.05, 4.69) is 0 Å². The van der Waals surface area contributed by atoms with Gasteiger partial charge in [-0.05, 0) is 60.9 Å². The second-order valence-electron chi connectivity index (χ2n) is 6.68. The van der Waals surface area contributed by atoms with Crippen LogP contribution in [0.3, 0.4) is 0 Å². The zero-order valence-electron chi connectivity index (χ0n) is 13.3. The van der Waals surface area contributed by atoms with E-state index in [0.717, 1.165) is 12.1 Å². The van der Waals surface area contributed by atoms with Gasteiger partial charge in [-0.2, -0.15) is 8.78 Å². The Hall–Kier alpha value is -0.920. The standard InChI is InChI=1S/C17H18ClF5O2/c18-17(22,23)12-7-24-16(25-8-12)10-3-1-9(2-4-10)11-5-13(19)15(21)14(20)6-11/h5-6,9-10,12,16H,1-4,7-8H2. The van der Waals surface area contributed by atoms with E-state index in [9.17, 15) is 22.0 Å². The van der Waals surface area contributed by atoms with E-state index in [1.54, 1.807) is 0 Å². The molecule has 2 fully saturated rings. The summed E-state index contributed by atoms with van der Waals surface area (Å²) in [5.41, 5.74) is 0.433. The van der Waals surface area contributed by atoms with Crippen LogP contribution in [0.25, 0.3) is 0 Å². The van der Waals surface area contributed by atoms with E-state index in [1.165, 1.54) is 0 Å². The fraction of sp³-hybridized carbons (Fsp3) is 0.647. The number of rotatable bonds is 3. The lowest BCUT2D eigenvalue weighted by Crippen LogP contribution is -2.43. The molecule has 0 amide bonds. The molecule has 140 valence electrons. The summed E-state index contributed by atoms with van der Waals surface area (Å²) in [6.45, 7) is -0.342. The normalized spacial score (nSPS) is 31.1. The van der Waals surface area contributed by atoms with Gasteiger partial charge in [-0.3, -0.25) is 0 Å². The predicted molar refractivity (Wildman–Crippen MR) is 81.0 cm³/mol. The lowest BCUT2D eigenvalue weighted by atomic mass is 9.78. The average Bonchev–Trinajstić information content (AvgIpc) is 2.59. The van der Waals surface area contributed by atoms with Crippen LogP contribution in [0.4, 0.5) is 22.0 Å². The van der Waals surface area contributed by atoms with Crippen molar-refractivity contribution in [3.63, 3.8) is 0 Å². The molecule has 1 saturated carbocycles. The highest BCUT2D eigenvalue weighted by atomic mass is 35.5. The Morgan fingerprint density at radius 1 is 0.920 bits per heavy atom. The molecule has 1 aromatic rings. The van der Waals surface area contributed by atoms with Crippen LogP contribution in [0.1, 0.15) is 37.2 Å². The molecule has 0 spiro atoms. The molecule has 0 bridgehead atoms. The van der Waals surface area contributed by atoms with Crippen molar-refractivity contribution in [1.82, 2.24) is 0 Å². The zero-order valence-corrected chi connectivity index (χ0v) is 14.0. The first-order valence-electron chi connectivity index (χ1n) is 8.20. The predicted octanol–water partition coefficient (Wildman–Crippen LogP) is 5.20. The summed E-state index contributed by atoms with van der Waals surface area (Å²) in [6.07, 6.45) is 2.02. The van der Waals surface area contributed by atoms with Crippen LogP contribution in [0, 0.1) is 29.3 Å². The summed E-state index contributed by atoms with van der Waals surface area (Å²) in [5, 5.41) is -3.36. The van der Waals surface area contributed by atoms with Crippen LogP contribution >= 0.6 is 11.6 Å². The van der Waals surface area contributed by atoms with E-state index in [4.69, 9.17) is 21.1 Å². The highest BCUT2D eigenvalue weighted by molar-refractivity contribution is 6.21. The number of alkyl halides is 3. The number of hydrogen-bond donors (Lipinski definition) is 0. The Morgan fingerprint density at radius 3 is 1.92 bits per heavy atom. The van der Waals surface area contributed by atoms with Crippen molar-refractivity contribution in [2.45, 2.75) is 43.3 Å². The third-order valence-corrected chi connectivity index (χ3v) is 5.33. The van der Waals surface area contributed by atoms with Crippen molar-refractivity contribution in [3.8, 4) is 0 Å². The lowest BCUT2D eigenvalue weighted by molar-refractivity contribution is -0.247. The molecule has 0 unspecified atom stereocenters. The molecule has 0 aromatic heterocycles. The minimum atomic E-state index is -3.36. The maximum absolute atomic E-state index is 13.4. The van der Waals surface area contributed by atoms with E-state index in [0.29, 0.717) is 31.2 Å². The summed E-state index contributed by atoms with van der Waals surface area (Å²) < 4.78 is 76.6. The maximum Gasteiger partial charge on any atom is 0.328 e. The van der Waals surface area contributed by atoms with Gasteiger partial charge in [0.2, 0.25) is 0 Å². The minimum Gasteiger partial charge on any atom is -0.352 e. The van der Waals surface area contributed by atoms with Gasteiger partial charge >= 0.3 is 5.38 Å². The second kappa shape index (κ2) is 7.37. The quantitative estimate of drug-likeness (QED) is 0.405. The van der Waals surface area contributed by atoms with Crippen molar-refractivity contribution < 1.29 is 31.4 Å². The molecule has 1 heterocycles. The number of ether oxygens (including phenoxy) is 2. The molecule has 1 aliphatic heterocycles. The first-order chi connectivity index (χ1) is 11.8. The molecule has 1 aliphatic carbocycles. The highest BCUT2D eigenvalue weighted by Gasteiger charge is 2.42. The third kappa shape index (κ3) is 4.26. The first kappa shape index (κ1) is 18.9. The number of benzene rings is 1. The molecular weight excluding hydrogens is 367 g/mol. The molecule has 1 aromatic carbocycles. The van der Waals surface area contributed by atoms with Gasteiger partial charge < -0.3 is 9.47 Å². The summed E-state index contributed by atoms with van der Waals surface area (Å²) in [6, 6.07) is 2.06. The van der Waals surface area contributed by atoms with Gasteiger partial charge in [0.25, 0.3) is 0 Å². The van der Waals surface area contributed by atoms with Crippen molar-refractivity contribution >= 4 is 11.6 Å². The summed E-state index contributed by atoms with van der Waals surface area (Å²) >= 11 is 4.99. The molecule has 25 heavy (non-hydrogen) atoms. The molecule has 0 atom stereocenters. The van der Waals surface area contributed by atoms with Crippen LogP contribution in [0.5, 0.6) is 0 Å². The van der Waals surface area contributed by atoms with Gasteiger partial charge in [-0.25, -0.2) is 13.2 Å². The summed E-state index contributed by atoms with van der Waals surface area (Å²) in [7, 11) is 0.